The number of nitrogens with zero attached hydrogens (tertiary/aromatic N) is 1. The van der Waals surface area contributed by atoms with Gasteiger partial charge in [-0.2, -0.15) is 0 Å². The van der Waals surface area contributed by atoms with Gasteiger partial charge in [0.15, 0.2) is 5.78 Å². The Morgan fingerprint density at radius 1 is 1.21 bits per heavy atom. The lowest BCUT2D eigenvalue weighted by atomic mass is 9.96. The molecule has 1 N–H and O–H groups in total. The Kier molecular flexibility index (Phi) is 3.93. The van der Waals surface area contributed by atoms with E-state index in [1.54, 1.807) is 0 Å². The SMILES string of the molecule is CC1=CCC(/C=C2\C(=O)Cc3ccc(-c4cnc5c(c4C)NCCO5)cc32)=C1. The Hall–Kier alpha value is -3.14. The predicted octanol–water partition coefficient (Wildman–Crippen LogP) is 4.65. The third-order valence-electron chi connectivity index (χ3n) is 5.71. The van der Waals surface area contributed by atoms with E-state index in [1.165, 1.54) is 11.1 Å². The fourth-order valence-electron chi connectivity index (χ4n) is 4.21. The third kappa shape index (κ3) is 2.76. The predicted molar refractivity (Wildman–Crippen MR) is 112 cm³/mol. The average Bonchev–Trinajstić information content (AvgIpc) is 3.25. The molecular formula is C24H22N2O2. The minimum Gasteiger partial charge on any atom is -0.474 e. The number of hydrogen-bond acceptors (Lipinski definition) is 4. The van der Waals surface area contributed by atoms with Crippen LogP contribution in [0.3, 0.4) is 0 Å². The van der Waals surface area contributed by atoms with Crippen molar-refractivity contribution < 1.29 is 9.53 Å². The lowest BCUT2D eigenvalue weighted by Crippen LogP contribution is -2.20. The van der Waals surface area contributed by atoms with Crippen LogP contribution in [0.2, 0.25) is 0 Å². The molecule has 5 rings (SSSR count). The van der Waals surface area contributed by atoms with Crippen LogP contribution in [0, 0.1) is 6.92 Å². The van der Waals surface area contributed by atoms with Gasteiger partial charge in [-0.05, 0) is 60.2 Å². The van der Waals surface area contributed by atoms with Crippen LogP contribution in [0.15, 0.2) is 53.8 Å². The molecule has 2 aromatic rings. The zero-order valence-electron chi connectivity index (χ0n) is 16.1. The summed E-state index contributed by atoms with van der Waals surface area (Å²) in [7, 11) is 0. The van der Waals surface area contributed by atoms with Crippen molar-refractivity contribution in [2.45, 2.75) is 26.7 Å². The molecule has 2 heterocycles. The molecule has 4 nitrogen and oxygen atoms in total. The van der Waals surface area contributed by atoms with Gasteiger partial charge >= 0.3 is 0 Å². The smallest absolute Gasteiger partial charge is 0.237 e. The number of allylic oxidation sites excluding steroid dienone is 6. The number of anilines is 1. The van der Waals surface area contributed by atoms with Gasteiger partial charge in [0, 0.05) is 30.3 Å². The van der Waals surface area contributed by atoms with Crippen LogP contribution in [0.25, 0.3) is 16.7 Å². The minimum absolute atomic E-state index is 0.202. The normalized spacial score (nSPS) is 18.9. The molecule has 0 spiro atoms. The molecule has 0 unspecified atom stereocenters. The Bertz CT molecular complexity index is 1110. The molecule has 0 radical (unpaired) electrons. The molecule has 4 heteroatoms. The Morgan fingerprint density at radius 2 is 2.11 bits per heavy atom. The molecule has 1 aromatic heterocycles. The van der Waals surface area contributed by atoms with Gasteiger partial charge in [0.2, 0.25) is 5.88 Å². The number of benzene rings is 1. The van der Waals surface area contributed by atoms with Crippen LogP contribution in [0.4, 0.5) is 5.69 Å². The fraction of sp³-hybridized carbons (Fsp3) is 0.250. The lowest BCUT2D eigenvalue weighted by molar-refractivity contribution is -0.112. The molecule has 0 fully saturated rings. The molecule has 0 bridgehead atoms. The van der Waals surface area contributed by atoms with Gasteiger partial charge in [-0.25, -0.2) is 4.98 Å². The van der Waals surface area contributed by atoms with Gasteiger partial charge in [-0.15, -0.1) is 0 Å². The van der Waals surface area contributed by atoms with Crippen molar-refractivity contribution in [2.75, 3.05) is 18.5 Å². The summed E-state index contributed by atoms with van der Waals surface area (Å²) in [6.45, 7) is 5.60. The number of Topliss-reactive ketones (excluding diaryl/α,β-unsaturated/α-hetero) is 1. The van der Waals surface area contributed by atoms with Crippen LogP contribution >= 0.6 is 0 Å². The Balaban J connectivity index is 1.58. The summed E-state index contributed by atoms with van der Waals surface area (Å²) >= 11 is 0. The van der Waals surface area contributed by atoms with Crippen molar-refractivity contribution in [3.63, 3.8) is 0 Å². The molecule has 28 heavy (non-hydrogen) atoms. The van der Waals surface area contributed by atoms with Crippen LogP contribution < -0.4 is 10.1 Å². The summed E-state index contributed by atoms with van der Waals surface area (Å²) < 4.78 is 5.64. The summed E-state index contributed by atoms with van der Waals surface area (Å²) in [5.74, 6) is 0.869. The number of carbonyl (C=O) groups excluding carboxylic acids is 1. The molecule has 0 saturated carbocycles. The second kappa shape index (κ2) is 6.48. The number of carbonyl (C=O) groups is 1. The van der Waals surface area contributed by atoms with E-state index < -0.39 is 0 Å². The first-order valence-electron chi connectivity index (χ1n) is 9.72. The van der Waals surface area contributed by atoms with Crippen molar-refractivity contribution in [3.05, 3.63) is 70.5 Å². The second-order valence-electron chi connectivity index (χ2n) is 7.65. The van der Waals surface area contributed by atoms with Crippen LogP contribution in [-0.2, 0) is 11.2 Å². The van der Waals surface area contributed by atoms with Crippen molar-refractivity contribution >= 4 is 17.0 Å². The highest BCUT2D eigenvalue weighted by atomic mass is 16.5. The number of pyridine rings is 1. The van der Waals surface area contributed by atoms with E-state index in [0.29, 0.717) is 18.9 Å². The van der Waals surface area contributed by atoms with Gasteiger partial charge in [0.05, 0.1) is 0 Å². The van der Waals surface area contributed by atoms with Gasteiger partial charge in [0.25, 0.3) is 0 Å². The number of nitrogens with one attached hydrogen (secondary N) is 1. The minimum atomic E-state index is 0.202. The number of ketones is 1. The summed E-state index contributed by atoms with van der Waals surface area (Å²) in [5.41, 5.74) is 9.68. The first-order chi connectivity index (χ1) is 13.6. The summed E-state index contributed by atoms with van der Waals surface area (Å²) in [4.78, 5) is 17.1. The van der Waals surface area contributed by atoms with E-state index in [4.69, 9.17) is 4.74 Å². The lowest BCUT2D eigenvalue weighted by Gasteiger charge is -2.21. The molecule has 3 aliphatic rings. The van der Waals surface area contributed by atoms with Crippen LogP contribution in [0.5, 0.6) is 5.88 Å². The molecule has 0 amide bonds. The molecule has 1 aromatic carbocycles. The average molecular weight is 370 g/mol. The maximum atomic E-state index is 12.7. The highest BCUT2D eigenvalue weighted by molar-refractivity contribution is 6.26. The van der Waals surface area contributed by atoms with E-state index >= 15 is 0 Å². The second-order valence-corrected chi connectivity index (χ2v) is 7.65. The summed E-state index contributed by atoms with van der Waals surface area (Å²) in [6, 6.07) is 6.32. The first-order valence-corrected chi connectivity index (χ1v) is 9.72. The number of ether oxygens (including phenoxy) is 1. The first kappa shape index (κ1) is 17.0. The van der Waals surface area contributed by atoms with Crippen LogP contribution in [0.1, 0.15) is 30.0 Å². The monoisotopic (exact) mass is 370 g/mol. The zero-order valence-corrected chi connectivity index (χ0v) is 16.1. The van der Waals surface area contributed by atoms with E-state index in [0.717, 1.165) is 52.0 Å². The Morgan fingerprint density at radius 3 is 2.93 bits per heavy atom. The molecule has 2 aliphatic carbocycles. The summed E-state index contributed by atoms with van der Waals surface area (Å²) in [6.07, 6.45) is 9.68. The van der Waals surface area contributed by atoms with Crippen molar-refractivity contribution in [1.29, 1.82) is 0 Å². The number of fused-ring (bicyclic) bond motifs is 2. The number of hydrogen-bond donors (Lipinski definition) is 1. The van der Waals surface area contributed by atoms with Gasteiger partial charge in [0.1, 0.15) is 12.3 Å². The number of aromatic nitrogens is 1. The van der Waals surface area contributed by atoms with Crippen molar-refractivity contribution in [3.8, 4) is 17.0 Å². The summed E-state index contributed by atoms with van der Waals surface area (Å²) in [5, 5.41) is 3.40. The standard InChI is InChI=1S/C24H22N2O2/c1-14-3-4-16(9-14)10-20-19-11-17(5-6-18(19)12-22(20)27)21-13-26-24-23(15(21)2)25-7-8-28-24/h3,5-6,9-11,13,25H,4,7-8,12H2,1-2H3/b20-10-. The highest BCUT2D eigenvalue weighted by Crippen LogP contribution is 2.39. The van der Waals surface area contributed by atoms with Crippen molar-refractivity contribution in [1.82, 2.24) is 4.98 Å². The highest BCUT2D eigenvalue weighted by Gasteiger charge is 2.26. The molecule has 140 valence electrons. The maximum Gasteiger partial charge on any atom is 0.237 e. The zero-order chi connectivity index (χ0) is 19.3. The molecular weight excluding hydrogens is 348 g/mol. The Labute approximate surface area is 164 Å². The molecule has 0 atom stereocenters. The topological polar surface area (TPSA) is 51.2 Å². The van der Waals surface area contributed by atoms with E-state index in [-0.39, 0.29) is 5.78 Å². The van der Waals surface area contributed by atoms with E-state index in [1.807, 2.05) is 6.20 Å². The largest absolute Gasteiger partial charge is 0.474 e. The van der Waals surface area contributed by atoms with Crippen molar-refractivity contribution in [2.24, 2.45) is 0 Å². The van der Waals surface area contributed by atoms with Gasteiger partial charge in [-0.1, -0.05) is 29.9 Å². The molecule has 1 aliphatic heterocycles. The maximum absolute atomic E-state index is 12.7. The van der Waals surface area contributed by atoms with E-state index in [2.05, 4.69) is 60.6 Å². The van der Waals surface area contributed by atoms with Gasteiger partial charge < -0.3 is 10.1 Å². The quantitative estimate of drug-likeness (QED) is 0.782. The fourth-order valence-corrected chi connectivity index (χ4v) is 4.21. The number of rotatable bonds is 2. The van der Waals surface area contributed by atoms with Crippen LogP contribution in [-0.4, -0.2) is 23.9 Å². The third-order valence-corrected chi connectivity index (χ3v) is 5.71. The molecule has 0 saturated heterocycles. The van der Waals surface area contributed by atoms with E-state index in [9.17, 15) is 4.79 Å². The van der Waals surface area contributed by atoms with Gasteiger partial charge in [-0.3, -0.25) is 4.79 Å².